The van der Waals surface area contributed by atoms with Crippen molar-refractivity contribution < 1.29 is 37.8 Å². The second-order valence-electron chi connectivity index (χ2n) is 6.20. The van der Waals surface area contributed by atoms with Gasteiger partial charge in [-0.1, -0.05) is 0 Å². The first-order valence-corrected chi connectivity index (χ1v) is 10.6. The number of carboxylic acid groups (broad SMARTS) is 2. The molecule has 14 heteroatoms. The molecule has 1 fully saturated rings. The second kappa shape index (κ2) is 13.5. The first-order chi connectivity index (χ1) is 14.1. The fraction of sp³-hybridized carbons (Fsp3) is 0.625. The van der Waals surface area contributed by atoms with E-state index in [1.807, 2.05) is 0 Å². The van der Waals surface area contributed by atoms with Crippen LogP contribution in [0.5, 0.6) is 0 Å². The lowest BCUT2D eigenvalue weighted by molar-refractivity contribution is -0.127. The average Bonchev–Trinajstić information content (AvgIpc) is 3.07. The number of aryl methyl sites for hydroxylation is 1. The Hall–Kier alpha value is -2.71. The van der Waals surface area contributed by atoms with Gasteiger partial charge in [0.1, 0.15) is 11.4 Å². The molecular formula is C16H29N5O8S. The number of anilines is 1. The van der Waals surface area contributed by atoms with Gasteiger partial charge >= 0.3 is 0 Å². The summed E-state index contributed by atoms with van der Waals surface area (Å²) in [4.78, 5) is 29.5. The Morgan fingerprint density at radius 3 is 2.23 bits per heavy atom. The van der Waals surface area contributed by atoms with Gasteiger partial charge in [0, 0.05) is 46.1 Å². The number of rotatable bonds is 7. The Kier molecular flexibility index (Phi) is 12.3. The summed E-state index contributed by atoms with van der Waals surface area (Å²) >= 11 is 0. The van der Waals surface area contributed by atoms with Gasteiger partial charge in [0.15, 0.2) is 0 Å². The number of ether oxygens (including phenoxy) is 1. The van der Waals surface area contributed by atoms with E-state index in [0.29, 0.717) is 31.8 Å². The minimum absolute atomic E-state index is 0.168. The van der Waals surface area contributed by atoms with E-state index in [2.05, 4.69) is 15.7 Å². The molecule has 0 saturated carbocycles. The topological polar surface area (TPSA) is 180 Å². The Labute approximate surface area is 175 Å². The van der Waals surface area contributed by atoms with Crippen molar-refractivity contribution in [3.05, 3.63) is 12.3 Å². The summed E-state index contributed by atoms with van der Waals surface area (Å²) in [5.74, 6) is 0.422. The van der Waals surface area contributed by atoms with Gasteiger partial charge in [-0.05, 0) is 12.8 Å². The number of amides is 1. The third kappa shape index (κ3) is 9.19. The van der Waals surface area contributed by atoms with E-state index in [4.69, 9.17) is 24.5 Å². The largest absolute Gasteiger partial charge is 0.483 e. The molecule has 0 spiro atoms. The molecule has 1 aromatic heterocycles. The molecule has 2 heterocycles. The molecule has 172 valence electrons. The van der Waals surface area contributed by atoms with Crippen LogP contribution in [0.15, 0.2) is 12.3 Å². The minimum Gasteiger partial charge on any atom is -0.483 e. The summed E-state index contributed by atoms with van der Waals surface area (Å²) < 4.78 is 31.4. The van der Waals surface area contributed by atoms with Crippen LogP contribution < -0.4 is 10.6 Å². The molecule has 0 aromatic carbocycles. The summed E-state index contributed by atoms with van der Waals surface area (Å²) in [6, 6.07) is 1.78. The van der Waals surface area contributed by atoms with E-state index in [-0.39, 0.29) is 31.9 Å². The first-order valence-electron chi connectivity index (χ1n) is 8.76. The lowest BCUT2D eigenvalue weighted by atomic mass is 9.87. The third-order valence-electron chi connectivity index (χ3n) is 4.15. The summed E-state index contributed by atoms with van der Waals surface area (Å²) in [6.07, 6.45) is 3.71. The molecular weight excluding hydrogens is 422 g/mol. The van der Waals surface area contributed by atoms with Gasteiger partial charge in [0.25, 0.3) is 12.9 Å². The number of methoxy groups -OCH3 is 1. The van der Waals surface area contributed by atoms with Gasteiger partial charge in [0.2, 0.25) is 15.9 Å². The maximum absolute atomic E-state index is 12.7. The number of nitrogens with one attached hydrogen (secondary N) is 2. The molecule has 2 rings (SSSR count). The van der Waals surface area contributed by atoms with Crippen LogP contribution in [-0.4, -0.2) is 96.7 Å². The number of hydrogen-bond donors (Lipinski definition) is 4. The van der Waals surface area contributed by atoms with Crippen LogP contribution in [0.25, 0.3) is 0 Å². The zero-order valence-corrected chi connectivity index (χ0v) is 18.0. The molecule has 0 aliphatic carbocycles. The molecule has 13 nitrogen and oxygen atoms in total. The predicted octanol–water partition coefficient (Wildman–Crippen LogP) is -1.21. The lowest BCUT2D eigenvalue weighted by Crippen LogP contribution is -2.59. The van der Waals surface area contributed by atoms with Gasteiger partial charge in [-0.15, -0.1) is 0 Å². The van der Waals surface area contributed by atoms with Crippen molar-refractivity contribution in [1.29, 1.82) is 0 Å². The van der Waals surface area contributed by atoms with Crippen LogP contribution in [0.2, 0.25) is 0 Å². The van der Waals surface area contributed by atoms with E-state index in [9.17, 15) is 13.2 Å². The number of aromatic nitrogens is 2. The number of piperidine rings is 1. The normalized spacial score (nSPS) is 15.4. The van der Waals surface area contributed by atoms with Gasteiger partial charge < -0.3 is 25.6 Å². The van der Waals surface area contributed by atoms with E-state index in [1.165, 1.54) is 10.6 Å². The fourth-order valence-electron chi connectivity index (χ4n) is 2.77. The predicted molar refractivity (Wildman–Crippen MR) is 107 cm³/mol. The fourth-order valence-corrected chi connectivity index (χ4v) is 3.62. The maximum Gasteiger partial charge on any atom is 0.290 e. The van der Waals surface area contributed by atoms with Gasteiger partial charge in [0.05, 0.1) is 12.9 Å². The summed E-state index contributed by atoms with van der Waals surface area (Å²) in [6.45, 7) is 0.893. The third-order valence-corrected chi connectivity index (χ3v) is 5.46. The van der Waals surface area contributed by atoms with Gasteiger partial charge in [-0.2, -0.15) is 5.10 Å². The Bertz CT molecular complexity index is 753. The van der Waals surface area contributed by atoms with Crippen molar-refractivity contribution in [3.8, 4) is 0 Å². The number of carbonyl (C=O) groups excluding carboxylic acids is 1. The van der Waals surface area contributed by atoms with Crippen LogP contribution in [-0.2, 0) is 36.2 Å². The maximum atomic E-state index is 12.7. The summed E-state index contributed by atoms with van der Waals surface area (Å²) in [5.41, 5.74) is -0.886. The van der Waals surface area contributed by atoms with E-state index < -0.39 is 15.6 Å². The van der Waals surface area contributed by atoms with E-state index in [1.54, 1.807) is 31.1 Å². The number of nitrogens with zero attached hydrogens (tertiary/aromatic N) is 3. The van der Waals surface area contributed by atoms with Crippen molar-refractivity contribution in [2.24, 2.45) is 7.05 Å². The second-order valence-corrected chi connectivity index (χ2v) is 8.19. The molecule has 1 aliphatic rings. The molecule has 1 aliphatic heterocycles. The number of carbonyl (C=O) groups is 3. The minimum atomic E-state index is -3.26. The Balaban J connectivity index is 0.00000125. The smallest absolute Gasteiger partial charge is 0.290 e. The van der Waals surface area contributed by atoms with Gasteiger partial charge in [-0.25, -0.2) is 12.7 Å². The zero-order valence-electron chi connectivity index (χ0n) is 17.1. The van der Waals surface area contributed by atoms with Crippen molar-refractivity contribution in [1.82, 2.24) is 19.4 Å². The molecule has 30 heavy (non-hydrogen) atoms. The lowest BCUT2D eigenvalue weighted by Gasteiger charge is -2.40. The molecule has 0 atom stereocenters. The highest BCUT2D eigenvalue weighted by molar-refractivity contribution is 7.88. The zero-order chi connectivity index (χ0) is 23.2. The molecule has 4 N–H and O–H groups in total. The van der Waals surface area contributed by atoms with Crippen molar-refractivity contribution in [3.63, 3.8) is 0 Å². The average molecular weight is 452 g/mol. The number of sulfonamides is 1. The first kappa shape index (κ1) is 27.3. The Morgan fingerprint density at radius 2 is 1.83 bits per heavy atom. The van der Waals surface area contributed by atoms with Crippen LogP contribution in [0.3, 0.4) is 0 Å². The summed E-state index contributed by atoms with van der Waals surface area (Å²) in [5, 5.41) is 24.1. The quantitative estimate of drug-likeness (QED) is 0.290. The highest BCUT2D eigenvalue weighted by Gasteiger charge is 2.43. The SMILES string of the molecule is COCCNC(=O)C1(Nc2ccn(C)n2)CCN(S(C)(=O)=O)CC1.O=CO.O=CO. The molecule has 0 unspecified atom stereocenters. The van der Waals surface area contributed by atoms with Gasteiger partial charge in [-0.3, -0.25) is 19.1 Å². The standard InChI is InChI=1S/C14H25N5O4S.2CH2O2/c1-18-8-4-12(17-18)16-14(13(20)15-7-11-23-2)5-9-19(10-6-14)24(3,21)22;2*2-1-3/h4,8H,5-7,9-11H2,1-3H3,(H,15,20)(H,16,17);2*1H,(H,2,3). The van der Waals surface area contributed by atoms with Crippen molar-refractivity contribution >= 4 is 34.7 Å². The Morgan fingerprint density at radius 1 is 1.30 bits per heavy atom. The molecule has 0 radical (unpaired) electrons. The van der Waals surface area contributed by atoms with E-state index >= 15 is 0 Å². The van der Waals surface area contributed by atoms with Crippen LogP contribution in [0.1, 0.15) is 12.8 Å². The van der Waals surface area contributed by atoms with Crippen molar-refractivity contribution in [2.45, 2.75) is 18.4 Å². The van der Waals surface area contributed by atoms with Crippen LogP contribution in [0, 0.1) is 0 Å². The molecule has 1 aromatic rings. The van der Waals surface area contributed by atoms with E-state index in [0.717, 1.165) is 0 Å². The highest BCUT2D eigenvalue weighted by Crippen LogP contribution is 2.28. The number of hydrogen-bond acceptors (Lipinski definition) is 8. The molecule has 1 amide bonds. The monoisotopic (exact) mass is 451 g/mol. The molecule has 0 bridgehead atoms. The molecule has 1 saturated heterocycles. The van der Waals surface area contributed by atoms with Crippen LogP contribution in [0.4, 0.5) is 5.82 Å². The highest BCUT2D eigenvalue weighted by atomic mass is 32.2. The van der Waals surface area contributed by atoms with Crippen molar-refractivity contribution in [2.75, 3.05) is 44.9 Å². The van der Waals surface area contributed by atoms with Crippen LogP contribution >= 0.6 is 0 Å². The summed E-state index contributed by atoms with van der Waals surface area (Å²) in [7, 11) is 0.105.